The van der Waals surface area contributed by atoms with Crippen LogP contribution < -0.4 is 5.14 Å². The van der Waals surface area contributed by atoms with Gasteiger partial charge in [0.1, 0.15) is 0 Å². The van der Waals surface area contributed by atoms with Gasteiger partial charge in [-0.05, 0) is 6.42 Å². The second-order valence-corrected chi connectivity index (χ2v) is 4.94. The van der Waals surface area contributed by atoms with Crippen molar-refractivity contribution >= 4 is 10.0 Å². The Labute approximate surface area is 97.1 Å². The first kappa shape index (κ1) is 15.8. The molecule has 0 aromatic heterocycles. The van der Waals surface area contributed by atoms with E-state index in [4.69, 9.17) is 19.3 Å². The van der Waals surface area contributed by atoms with Gasteiger partial charge in [-0.1, -0.05) is 6.92 Å². The van der Waals surface area contributed by atoms with Gasteiger partial charge in [-0.15, -0.1) is 0 Å². The fraction of sp³-hybridized carbons (Fsp3) is 1.00. The largest absolute Gasteiger partial charge is 0.379 e. The summed E-state index contributed by atoms with van der Waals surface area (Å²) in [4.78, 5) is 0. The van der Waals surface area contributed by atoms with E-state index in [1.807, 2.05) is 6.92 Å². The Bertz CT molecular complexity index is 242. The summed E-state index contributed by atoms with van der Waals surface area (Å²) in [5.41, 5.74) is 0. The fourth-order valence-electron chi connectivity index (χ4n) is 0.861. The monoisotopic (exact) mass is 255 g/mol. The summed E-state index contributed by atoms with van der Waals surface area (Å²) in [6, 6.07) is 0. The van der Waals surface area contributed by atoms with Crippen LogP contribution in [0.4, 0.5) is 0 Å². The summed E-state index contributed by atoms with van der Waals surface area (Å²) >= 11 is 0. The molecule has 0 unspecified atom stereocenters. The smallest absolute Gasteiger partial charge is 0.211 e. The first-order chi connectivity index (χ1) is 7.56. The molecule has 0 saturated carbocycles. The molecule has 6 nitrogen and oxygen atoms in total. The topological polar surface area (TPSA) is 87.8 Å². The maximum atomic E-state index is 10.5. The molecule has 0 radical (unpaired) electrons. The van der Waals surface area contributed by atoms with Crippen molar-refractivity contribution in [3.05, 3.63) is 0 Å². The van der Waals surface area contributed by atoms with Gasteiger partial charge in [0.05, 0.1) is 38.8 Å². The SMILES string of the molecule is CCCOCCOCCOCCS(N)(=O)=O. The molecule has 7 heteroatoms. The van der Waals surface area contributed by atoms with Crippen molar-refractivity contribution in [2.75, 3.05) is 45.4 Å². The summed E-state index contributed by atoms with van der Waals surface area (Å²) in [7, 11) is -3.42. The molecular weight excluding hydrogens is 234 g/mol. The lowest BCUT2D eigenvalue weighted by Gasteiger charge is -2.05. The summed E-state index contributed by atoms with van der Waals surface area (Å²) in [6.45, 7) is 4.79. The number of ether oxygens (including phenoxy) is 3. The van der Waals surface area contributed by atoms with Crippen molar-refractivity contribution in [2.24, 2.45) is 5.14 Å². The Morgan fingerprint density at radius 1 is 0.875 bits per heavy atom. The third-order valence-electron chi connectivity index (χ3n) is 1.60. The van der Waals surface area contributed by atoms with Crippen LogP contribution in [0.5, 0.6) is 0 Å². The van der Waals surface area contributed by atoms with E-state index in [-0.39, 0.29) is 12.4 Å². The Morgan fingerprint density at radius 2 is 1.31 bits per heavy atom. The number of hydrogen-bond acceptors (Lipinski definition) is 5. The summed E-state index contributed by atoms with van der Waals surface area (Å²) in [5, 5.41) is 4.79. The third-order valence-corrected chi connectivity index (χ3v) is 2.34. The molecule has 0 spiro atoms. The van der Waals surface area contributed by atoms with E-state index < -0.39 is 10.0 Å². The molecule has 98 valence electrons. The quantitative estimate of drug-likeness (QED) is 0.514. The van der Waals surface area contributed by atoms with Gasteiger partial charge >= 0.3 is 0 Å². The van der Waals surface area contributed by atoms with Crippen molar-refractivity contribution < 1.29 is 22.6 Å². The van der Waals surface area contributed by atoms with Crippen molar-refractivity contribution in [1.82, 2.24) is 0 Å². The van der Waals surface area contributed by atoms with Crippen LogP contribution in [-0.2, 0) is 24.2 Å². The van der Waals surface area contributed by atoms with Crippen LogP contribution in [0.2, 0.25) is 0 Å². The highest BCUT2D eigenvalue weighted by Crippen LogP contribution is 1.84. The number of nitrogens with two attached hydrogens (primary N) is 1. The van der Waals surface area contributed by atoms with Crippen LogP contribution in [-0.4, -0.2) is 53.8 Å². The van der Waals surface area contributed by atoms with Crippen LogP contribution >= 0.6 is 0 Å². The van der Waals surface area contributed by atoms with Crippen LogP contribution in [0, 0.1) is 0 Å². The summed E-state index contributed by atoms with van der Waals surface area (Å²) in [6.07, 6.45) is 0.997. The Balaban J connectivity index is 3.05. The zero-order valence-electron chi connectivity index (χ0n) is 9.68. The van der Waals surface area contributed by atoms with Gasteiger partial charge in [-0.2, -0.15) is 0 Å². The minimum absolute atomic E-state index is 0.106. The predicted octanol–water partition coefficient (Wildman–Crippen LogP) is -0.265. The van der Waals surface area contributed by atoms with Crippen molar-refractivity contribution in [1.29, 1.82) is 0 Å². The molecular formula is C9H21NO5S. The Hall–Kier alpha value is -0.210. The van der Waals surface area contributed by atoms with Gasteiger partial charge in [0.15, 0.2) is 0 Å². The van der Waals surface area contributed by atoms with Gasteiger partial charge < -0.3 is 14.2 Å². The molecule has 0 rings (SSSR count). The molecule has 0 atom stereocenters. The first-order valence-electron chi connectivity index (χ1n) is 5.30. The highest BCUT2D eigenvalue weighted by molar-refractivity contribution is 7.89. The van der Waals surface area contributed by atoms with Crippen LogP contribution in [0.15, 0.2) is 0 Å². The lowest BCUT2D eigenvalue weighted by atomic mass is 10.5. The van der Waals surface area contributed by atoms with E-state index in [0.717, 1.165) is 13.0 Å². The standard InChI is InChI=1S/C9H21NO5S/c1-2-3-13-4-5-14-6-7-15-8-9-16(10,11)12/h2-9H2,1H3,(H2,10,11,12). The number of rotatable bonds is 11. The second kappa shape index (κ2) is 9.98. The highest BCUT2D eigenvalue weighted by Gasteiger charge is 2.01. The normalized spacial score (nSPS) is 11.9. The minimum Gasteiger partial charge on any atom is -0.379 e. The maximum absolute atomic E-state index is 10.5. The zero-order valence-corrected chi connectivity index (χ0v) is 10.5. The van der Waals surface area contributed by atoms with Crippen molar-refractivity contribution in [3.8, 4) is 0 Å². The maximum Gasteiger partial charge on any atom is 0.211 e. The van der Waals surface area contributed by atoms with Gasteiger partial charge in [0, 0.05) is 6.61 Å². The van der Waals surface area contributed by atoms with Gasteiger partial charge in [0.25, 0.3) is 0 Å². The Kier molecular flexibility index (Phi) is 9.85. The van der Waals surface area contributed by atoms with E-state index in [1.54, 1.807) is 0 Å². The molecule has 2 N–H and O–H groups in total. The lowest BCUT2D eigenvalue weighted by Crippen LogP contribution is -2.21. The van der Waals surface area contributed by atoms with Crippen LogP contribution in [0.3, 0.4) is 0 Å². The molecule has 0 aliphatic carbocycles. The predicted molar refractivity (Wildman–Crippen MR) is 60.7 cm³/mol. The fourth-order valence-corrected chi connectivity index (χ4v) is 1.21. The van der Waals surface area contributed by atoms with E-state index in [9.17, 15) is 8.42 Å². The zero-order chi connectivity index (χ0) is 12.3. The molecule has 0 aromatic carbocycles. The average molecular weight is 255 g/mol. The summed E-state index contributed by atoms with van der Waals surface area (Å²) in [5.74, 6) is -0.160. The molecule has 0 heterocycles. The number of sulfonamides is 1. The van der Waals surface area contributed by atoms with Crippen molar-refractivity contribution in [3.63, 3.8) is 0 Å². The third kappa shape index (κ3) is 13.8. The number of hydrogen-bond donors (Lipinski definition) is 1. The second-order valence-electron chi connectivity index (χ2n) is 3.20. The van der Waals surface area contributed by atoms with E-state index in [1.165, 1.54) is 0 Å². The average Bonchev–Trinajstić information content (AvgIpc) is 2.19. The van der Waals surface area contributed by atoms with Gasteiger partial charge in [-0.25, -0.2) is 13.6 Å². The van der Waals surface area contributed by atoms with Crippen molar-refractivity contribution in [2.45, 2.75) is 13.3 Å². The molecule has 0 aromatic rings. The molecule has 0 saturated heterocycles. The van der Waals surface area contributed by atoms with E-state index in [2.05, 4.69) is 0 Å². The van der Waals surface area contributed by atoms with E-state index in [0.29, 0.717) is 26.4 Å². The lowest BCUT2D eigenvalue weighted by molar-refractivity contribution is 0.0174. The Morgan fingerprint density at radius 3 is 1.75 bits per heavy atom. The molecule has 0 fully saturated rings. The molecule has 0 bridgehead atoms. The molecule has 0 aliphatic rings. The van der Waals surface area contributed by atoms with E-state index >= 15 is 0 Å². The highest BCUT2D eigenvalue weighted by atomic mass is 32.2. The molecule has 16 heavy (non-hydrogen) atoms. The first-order valence-corrected chi connectivity index (χ1v) is 7.01. The van der Waals surface area contributed by atoms with Crippen LogP contribution in [0.1, 0.15) is 13.3 Å². The number of primary sulfonamides is 1. The minimum atomic E-state index is -3.42. The van der Waals surface area contributed by atoms with Gasteiger partial charge in [-0.3, -0.25) is 0 Å². The van der Waals surface area contributed by atoms with Gasteiger partial charge in [0.2, 0.25) is 10.0 Å². The molecule has 0 amide bonds. The molecule has 0 aliphatic heterocycles. The van der Waals surface area contributed by atoms with Crippen LogP contribution in [0.25, 0.3) is 0 Å². The summed E-state index contributed by atoms with van der Waals surface area (Å²) < 4.78 is 36.4.